The standard InChI is InChI=1S/C16H26N2O3/c1-6-17-14(11(2)3)9-13-7-8-15(18(19)20)16(10-13)21-12(4)5/h7-8,10-12,14,17H,6,9H2,1-5H3. The Morgan fingerprint density at radius 3 is 2.43 bits per heavy atom. The van der Waals surface area contributed by atoms with Crippen LogP contribution < -0.4 is 10.1 Å². The van der Waals surface area contributed by atoms with Crippen LogP contribution in [0.2, 0.25) is 0 Å². The highest BCUT2D eigenvalue weighted by atomic mass is 16.6. The van der Waals surface area contributed by atoms with Crippen molar-refractivity contribution < 1.29 is 9.66 Å². The Morgan fingerprint density at radius 2 is 1.95 bits per heavy atom. The van der Waals surface area contributed by atoms with Crippen molar-refractivity contribution >= 4 is 5.69 Å². The van der Waals surface area contributed by atoms with E-state index >= 15 is 0 Å². The summed E-state index contributed by atoms with van der Waals surface area (Å²) in [6.45, 7) is 11.1. The largest absolute Gasteiger partial charge is 0.484 e. The molecule has 1 N–H and O–H groups in total. The molecular weight excluding hydrogens is 268 g/mol. The van der Waals surface area contributed by atoms with Crippen LogP contribution in [0.3, 0.4) is 0 Å². The van der Waals surface area contributed by atoms with Gasteiger partial charge in [0, 0.05) is 12.1 Å². The molecule has 0 spiro atoms. The Hall–Kier alpha value is -1.62. The Balaban J connectivity index is 3.00. The topological polar surface area (TPSA) is 64.4 Å². The van der Waals surface area contributed by atoms with Crippen molar-refractivity contribution in [3.63, 3.8) is 0 Å². The van der Waals surface area contributed by atoms with Gasteiger partial charge >= 0.3 is 5.69 Å². The lowest BCUT2D eigenvalue weighted by Crippen LogP contribution is -2.35. The van der Waals surface area contributed by atoms with Crippen LogP contribution in [0.15, 0.2) is 18.2 Å². The lowest BCUT2D eigenvalue weighted by molar-refractivity contribution is -0.386. The molecule has 0 aliphatic rings. The Morgan fingerprint density at radius 1 is 1.29 bits per heavy atom. The number of nitro groups is 1. The van der Waals surface area contributed by atoms with Gasteiger partial charge in [0.05, 0.1) is 11.0 Å². The second-order valence-electron chi connectivity index (χ2n) is 5.84. The van der Waals surface area contributed by atoms with E-state index in [4.69, 9.17) is 4.74 Å². The van der Waals surface area contributed by atoms with E-state index in [9.17, 15) is 10.1 Å². The number of hydrogen-bond acceptors (Lipinski definition) is 4. The number of benzene rings is 1. The first-order chi connectivity index (χ1) is 9.85. The Kier molecular flexibility index (Phi) is 6.62. The van der Waals surface area contributed by atoms with E-state index in [1.165, 1.54) is 6.07 Å². The molecule has 0 bridgehead atoms. The van der Waals surface area contributed by atoms with E-state index in [-0.39, 0.29) is 11.8 Å². The summed E-state index contributed by atoms with van der Waals surface area (Å²) in [5.41, 5.74) is 1.08. The Labute approximate surface area is 126 Å². The van der Waals surface area contributed by atoms with E-state index in [0.29, 0.717) is 17.7 Å². The fraction of sp³-hybridized carbons (Fsp3) is 0.625. The molecule has 21 heavy (non-hydrogen) atoms. The van der Waals surface area contributed by atoms with Crippen LogP contribution >= 0.6 is 0 Å². The third kappa shape index (κ3) is 5.34. The van der Waals surface area contributed by atoms with Gasteiger partial charge in [0.25, 0.3) is 0 Å². The van der Waals surface area contributed by atoms with E-state index in [1.54, 1.807) is 6.07 Å². The molecule has 0 saturated heterocycles. The van der Waals surface area contributed by atoms with Gasteiger partial charge in [-0.25, -0.2) is 0 Å². The summed E-state index contributed by atoms with van der Waals surface area (Å²) < 4.78 is 5.59. The predicted octanol–water partition coefficient (Wildman–Crippen LogP) is 3.56. The van der Waals surface area contributed by atoms with Gasteiger partial charge in [-0.1, -0.05) is 26.8 Å². The lowest BCUT2D eigenvalue weighted by Gasteiger charge is -2.22. The van der Waals surface area contributed by atoms with Crippen molar-refractivity contribution in [3.8, 4) is 5.75 Å². The van der Waals surface area contributed by atoms with Gasteiger partial charge in [-0.15, -0.1) is 0 Å². The second kappa shape index (κ2) is 7.98. The average molecular weight is 294 g/mol. The molecule has 1 rings (SSSR count). The highest BCUT2D eigenvalue weighted by Gasteiger charge is 2.19. The molecule has 0 saturated carbocycles. The Bertz CT molecular complexity index is 473. The monoisotopic (exact) mass is 294 g/mol. The van der Waals surface area contributed by atoms with E-state index in [0.717, 1.165) is 18.5 Å². The lowest BCUT2D eigenvalue weighted by atomic mass is 9.96. The zero-order valence-corrected chi connectivity index (χ0v) is 13.6. The van der Waals surface area contributed by atoms with Crippen molar-refractivity contribution in [1.82, 2.24) is 5.32 Å². The molecule has 1 unspecified atom stereocenters. The molecule has 5 nitrogen and oxygen atoms in total. The van der Waals surface area contributed by atoms with Gasteiger partial charge < -0.3 is 10.1 Å². The maximum absolute atomic E-state index is 11.1. The number of rotatable bonds is 8. The number of likely N-dealkylation sites (N-methyl/N-ethyl adjacent to an activating group) is 1. The molecule has 1 aromatic carbocycles. The second-order valence-corrected chi connectivity index (χ2v) is 5.84. The van der Waals surface area contributed by atoms with Crippen molar-refractivity contribution in [2.45, 2.75) is 53.2 Å². The smallest absolute Gasteiger partial charge is 0.310 e. The van der Waals surface area contributed by atoms with Gasteiger partial charge in [-0.3, -0.25) is 10.1 Å². The van der Waals surface area contributed by atoms with Crippen molar-refractivity contribution in [2.75, 3.05) is 6.54 Å². The molecule has 0 fully saturated rings. The minimum Gasteiger partial charge on any atom is -0.484 e. The predicted molar refractivity (Wildman–Crippen MR) is 84.9 cm³/mol. The summed E-state index contributed by atoms with van der Waals surface area (Å²) in [6, 6.07) is 5.50. The van der Waals surface area contributed by atoms with Crippen LogP contribution in [0.4, 0.5) is 5.69 Å². The van der Waals surface area contributed by atoms with Gasteiger partial charge in [-0.2, -0.15) is 0 Å². The summed E-state index contributed by atoms with van der Waals surface area (Å²) in [6.07, 6.45) is 0.742. The van der Waals surface area contributed by atoms with E-state index in [1.807, 2.05) is 19.9 Å². The normalized spacial score (nSPS) is 12.7. The highest BCUT2D eigenvalue weighted by Crippen LogP contribution is 2.29. The van der Waals surface area contributed by atoms with Crippen LogP contribution in [0.1, 0.15) is 40.2 Å². The van der Waals surface area contributed by atoms with Gasteiger partial charge in [0.2, 0.25) is 0 Å². The van der Waals surface area contributed by atoms with Crippen molar-refractivity contribution in [3.05, 3.63) is 33.9 Å². The third-order valence-electron chi connectivity index (χ3n) is 3.31. The number of nitro benzene ring substituents is 1. The number of nitrogens with zero attached hydrogens (tertiary/aromatic N) is 1. The third-order valence-corrected chi connectivity index (χ3v) is 3.31. The summed E-state index contributed by atoms with van der Waals surface area (Å²) in [7, 11) is 0. The molecule has 0 aliphatic carbocycles. The van der Waals surface area contributed by atoms with Crippen LogP contribution in [0, 0.1) is 16.0 Å². The van der Waals surface area contributed by atoms with Crippen molar-refractivity contribution in [2.24, 2.45) is 5.92 Å². The molecule has 0 radical (unpaired) electrons. The first-order valence-electron chi connectivity index (χ1n) is 7.52. The molecule has 118 valence electrons. The van der Waals surface area contributed by atoms with Gasteiger partial charge in [0.1, 0.15) is 0 Å². The average Bonchev–Trinajstić information content (AvgIpc) is 2.37. The summed E-state index contributed by atoms with van der Waals surface area (Å²) in [5.74, 6) is 0.848. The molecule has 0 amide bonds. The van der Waals surface area contributed by atoms with Crippen LogP contribution in [-0.2, 0) is 6.42 Å². The maximum Gasteiger partial charge on any atom is 0.310 e. The summed E-state index contributed by atoms with van der Waals surface area (Å²) in [4.78, 5) is 10.7. The first-order valence-corrected chi connectivity index (χ1v) is 7.52. The molecule has 1 aromatic rings. The molecule has 0 heterocycles. The molecule has 0 aliphatic heterocycles. The minimum absolute atomic E-state index is 0.0250. The highest BCUT2D eigenvalue weighted by molar-refractivity contribution is 5.48. The summed E-state index contributed by atoms with van der Waals surface area (Å²) in [5, 5.41) is 14.5. The van der Waals surface area contributed by atoms with E-state index in [2.05, 4.69) is 26.1 Å². The number of hydrogen-bond donors (Lipinski definition) is 1. The molecule has 0 aromatic heterocycles. The summed E-state index contributed by atoms with van der Waals surface area (Å²) >= 11 is 0. The number of nitrogens with one attached hydrogen (secondary N) is 1. The zero-order valence-electron chi connectivity index (χ0n) is 13.6. The van der Waals surface area contributed by atoms with Crippen molar-refractivity contribution in [1.29, 1.82) is 0 Å². The first kappa shape index (κ1) is 17.4. The quantitative estimate of drug-likeness (QED) is 0.588. The molecular formula is C16H26N2O3. The molecule has 1 atom stereocenters. The van der Waals surface area contributed by atoms with Gasteiger partial charge in [0.15, 0.2) is 5.75 Å². The van der Waals surface area contributed by atoms with Crippen LogP contribution in [0.5, 0.6) is 5.75 Å². The van der Waals surface area contributed by atoms with E-state index < -0.39 is 4.92 Å². The fourth-order valence-electron chi connectivity index (χ4n) is 2.24. The SMILES string of the molecule is CCNC(Cc1ccc([N+](=O)[O-])c(OC(C)C)c1)C(C)C. The molecule has 5 heteroatoms. The maximum atomic E-state index is 11.1. The van der Waals surface area contributed by atoms with Crippen LogP contribution in [0.25, 0.3) is 0 Å². The fourth-order valence-corrected chi connectivity index (χ4v) is 2.24. The van der Waals surface area contributed by atoms with Crippen LogP contribution in [-0.4, -0.2) is 23.6 Å². The minimum atomic E-state index is -0.397. The number of ether oxygens (including phenoxy) is 1. The van der Waals surface area contributed by atoms with Gasteiger partial charge in [-0.05, 0) is 44.4 Å². The zero-order chi connectivity index (χ0) is 16.0.